The molecule has 3 aromatic rings. The second-order valence-corrected chi connectivity index (χ2v) is 8.48. The molecule has 29 heavy (non-hydrogen) atoms. The number of nitrogens with zero attached hydrogens (tertiary/aromatic N) is 1. The molecule has 0 radical (unpaired) electrons. The van der Waals surface area contributed by atoms with Crippen LogP contribution in [-0.2, 0) is 12.0 Å². The summed E-state index contributed by atoms with van der Waals surface area (Å²) in [6.45, 7) is 5.46. The zero-order valence-corrected chi connectivity index (χ0v) is 17.3. The standard InChI is InChI=1S/C25H25ClN2O/c1-25(15-16-28(18-25)17-19-5-3-2-4-6-19)21-9-13-23(14-10-21)27-24(29)20-7-11-22(26)12-8-20/h2-14H,15-18H2,1H3,(H,27,29)/t25-/m0/s1. The summed E-state index contributed by atoms with van der Waals surface area (Å²) in [6.07, 6.45) is 1.14. The first-order chi connectivity index (χ1) is 14.0. The molecule has 0 aromatic heterocycles. The van der Waals surface area contributed by atoms with Crippen LogP contribution >= 0.6 is 11.6 Å². The van der Waals surface area contributed by atoms with Crippen molar-refractivity contribution in [3.63, 3.8) is 0 Å². The average molecular weight is 405 g/mol. The van der Waals surface area contributed by atoms with Crippen LogP contribution in [0.15, 0.2) is 78.9 Å². The maximum Gasteiger partial charge on any atom is 0.255 e. The fraction of sp³-hybridized carbons (Fsp3) is 0.240. The fourth-order valence-corrected chi connectivity index (χ4v) is 4.16. The van der Waals surface area contributed by atoms with Gasteiger partial charge in [-0.1, -0.05) is 61.0 Å². The Balaban J connectivity index is 1.39. The van der Waals surface area contributed by atoms with Crippen LogP contribution in [0, 0.1) is 0 Å². The highest BCUT2D eigenvalue weighted by molar-refractivity contribution is 6.30. The minimum Gasteiger partial charge on any atom is -0.322 e. The Kier molecular flexibility index (Phi) is 5.70. The summed E-state index contributed by atoms with van der Waals surface area (Å²) < 4.78 is 0. The molecule has 148 valence electrons. The van der Waals surface area contributed by atoms with Gasteiger partial charge >= 0.3 is 0 Å². The number of rotatable bonds is 5. The Labute approximate surface area is 177 Å². The molecule has 0 saturated carbocycles. The molecule has 3 nitrogen and oxygen atoms in total. The second-order valence-electron chi connectivity index (χ2n) is 8.05. The largest absolute Gasteiger partial charge is 0.322 e. The molecule has 0 bridgehead atoms. The normalized spacial score (nSPS) is 19.2. The number of benzene rings is 3. The first-order valence-corrected chi connectivity index (χ1v) is 10.3. The van der Waals surface area contributed by atoms with Crippen molar-refractivity contribution in [2.45, 2.75) is 25.3 Å². The summed E-state index contributed by atoms with van der Waals surface area (Å²) in [5, 5.41) is 3.58. The number of amides is 1. The van der Waals surface area contributed by atoms with Crippen LogP contribution in [0.4, 0.5) is 5.69 Å². The van der Waals surface area contributed by atoms with Crippen LogP contribution < -0.4 is 5.32 Å². The summed E-state index contributed by atoms with van der Waals surface area (Å²) in [5.74, 6) is -0.129. The van der Waals surface area contributed by atoms with E-state index in [4.69, 9.17) is 11.6 Å². The minimum atomic E-state index is -0.129. The van der Waals surface area contributed by atoms with Crippen LogP contribution in [0.2, 0.25) is 5.02 Å². The number of carbonyl (C=O) groups is 1. The number of likely N-dealkylation sites (tertiary alicyclic amines) is 1. The van der Waals surface area contributed by atoms with Crippen molar-refractivity contribution in [2.75, 3.05) is 18.4 Å². The second kappa shape index (κ2) is 8.40. The molecular formula is C25H25ClN2O. The van der Waals surface area contributed by atoms with E-state index in [0.29, 0.717) is 10.6 Å². The molecule has 3 aromatic carbocycles. The maximum absolute atomic E-state index is 12.4. The molecule has 1 saturated heterocycles. The van der Waals surface area contributed by atoms with Gasteiger partial charge in [-0.05, 0) is 60.5 Å². The van der Waals surface area contributed by atoms with Gasteiger partial charge in [0.1, 0.15) is 0 Å². The SMILES string of the molecule is C[C@]1(c2ccc(NC(=O)c3ccc(Cl)cc3)cc2)CCN(Cc2ccccc2)C1. The molecule has 1 aliphatic heterocycles. The molecule has 0 aliphatic carbocycles. The topological polar surface area (TPSA) is 32.3 Å². The molecule has 1 N–H and O–H groups in total. The van der Waals surface area contributed by atoms with E-state index in [2.05, 4.69) is 59.6 Å². The van der Waals surface area contributed by atoms with E-state index in [-0.39, 0.29) is 11.3 Å². The average Bonchev–Trinajstić information content (AvgIpc) is 3.11. The highest BCUT2D eigenvalue weighted by Gasteiger charge is 2.35. The van der Waals surface area contributed by atoms with Crippen molar-refractivity contribution in [3.05, 3.63) is 101 Å². The van der Waals surface area contributed by atoms with Crippen molar-refractivity contribution in [1.29, 1.82) is 0 Å². The summed E-state index contributed by atoms with van der Waals surface area (Å²) in [4.78, 5) is 14.9. The van der Waals surface area contributed by atoms with E-state index in [9.17, 15) is 4.79 Å². The predicted octanol–water partition coefficient (Wildman–Crippen LogP) is 5.76. The number of anilines is 1. The van der Waals surface area contributed by atoms with Crippen LogP contribution in [0.5, 0.6) is 0 Å². The van der Waals surface area contributed by atoms with Gasteiger partial charge in [0.25, 0.3) is 5.91 Å². The third-order valence-corrected chi connectivity index (χ3v) is 6.00. The Bertz CT molecular complexity index is 970. The monoisotopic (exact) mass is 404 g/mol. The van der Waals surface area contributed by atoms with Gasteiger partial charge in [-0.25, -0.2) is 0 Å². The van der Waals surface area contributed by atoms with Gasteiger partial charge in [0.05, 0.1) is 0 Å². The van der Waals surface area contributed by atoms with Crippen molar-refractivity contribution >= 4 is 23.2 Å². The number of carbonyl (C=O) groups excluding carboxylic acids is 1. The first kappa shape index (κ1) is 19.7. The van der Waals surface area contributed by atoms with Gasteiger partial charge in [0.15, 0.2) is 0 Å². The molecule has 0 spiro atoms. The zero-order chi connectivity index (χ0) is 20.3. The van der Waals surface area contributed by atoms with Crippen LogP contribution in [0.1, 0.15) is 34.8 Å². The highest BCUT2D eigenvalue weighted by atomic mass is 35.5. The first-order valence-electron chi connectivity index (χ1n) is 9.96. The highest BCUT2D eigenvalue weighted by Crippen LogP contribution is 2.35. The Hall–Kier alpha value is -2.62. The number of halogens is 1. The van der Waals surface area contributed by atoms with Gasteiger partial charge in [0, 0.05) is 34.8 Å². The smallest absolute Gasteiger partial charge is 0.255 e. The lowest BCUT2D eigenvalue weighted by molar-refractivity contribution is 0.102. The number of nitrogens with one attached hydrogen (secondary N) is 1. The van der Waals surface area contributed by atoms with Crippen molar-refractivity contribution < 1.29 is 4.79 Å². The van der Waals surface area contributed by atoms with E-state index in [0.717, 1.165) is 31.7 Å². The van der Waals surface area contributed by atoms with Crippen LogP contribution in [-0.4, -0.2) is 23.9 Å². The van der Waals surface area contributed by atoms with Gasteiger partial charge < -0.3 is 5.32 Å². The number of hydrogen-bond donors (Lipinski definition) is 1. The molecule has 1 atom stereocenters. The van der Waals surface area contributed by atoms with Crippen LogP contribution in [0.25, 0.3) is 0 Å². The van der Waals surface area contributed by atoms with Gasteiger partial charge in [-0.2, -0.15) is 0 Å². The summed E-state index contributed by atoms with van der Waals surface area (Å²) in [7, 11) is 0. The molecule has 1 aliphatic rings. The third-order valence-electron chi connectivity index (χ3n) is 5.75. The summed E-state index contributed by atoms with van der Waals surface area (Å²) >= 11 is 5.89. The van der Waals surface area contributed by atoms with E-state index in [1.54, 1.807) is 24.3 Å². The van der Waals surface area contributed by atoms with E-state index in [1.165, 1.54) is 11.1 Å². The summed E-state index contributed by atoms with van der Waals surface area (Å²) in [5.41, 5.74) is 4.21. The molecule has 4 heteroatoms. The van der Waals surface area contributed by atoms with E-state index >= 15 is 0 Å². The van der Waals surface area contributed by atoms with Crippen molar-refractivity contribution in [2.24, 2.45) is 0 Å². The molecule has 1 fully saturated rings. The Morgan fingerprint density at radius 3 is 2.38 bits per heavy atom. The van der Waals surface area contributed by atoms with Gasteiger partial charge in [-0.15, -0.1) is 0 Å². The lowest BCUT2D eigenvalue weighted by Gasteiger charge is -2.26. The summed E-state index contributed by atoms with van der Waals surface area (Å²) in [6, 6.07) is 25.8. The van der Waals surface area contributed by atoms with Gasteiger partial charge in [-0.3, -0.25) is 9.69 Å². The maximum atomic E-state index is 12.4. The van der Waals surface area contributed by atoms with Crippen molar-refractivity contribution in [3.8, 4) is 0 Å². The lowest BCUT2D eigenvalue weighted by Crippen LogP contribution is -2.28. The quantitative estimate of drug-likeness (QED) is 0.586. The third kappa shape index (κ3) is 4.69. The van der Waals surface area contributed by atoms with E-state index in [1.807, 2.05) is 12.1 Å². The molecule has 1 heterocycles. The van der Waals surface area contributed by atoms with Gasteiger partial charge in [0.2, 0.25) is 0 Å². The molecule has 4 rings (SSSR count). The Morgan fingerprint density at radius 2 is 1.69 bits per heavy atom. The molecule has 1 amide bonds. The zero-order valence-electron chi connectivity index (χ0n) is 16.6. The minimum absolute atomic E-state index is 0.129. The molecule has 0 unspecified atom stereocenters. The predicted molar refractivity (Wildman–Crippen MR) is 120 cm³/mol. The van der Waals surface area contributed by atoms with Crippen molar-refractivity contribution in [1.82, 2.24) is 4.90 Å². The van der Waals surface area contributed by atoms with Crippen LogP contribution in [0.3, 0.4) is 0 Å². The lowest BCUT2D eigenvalue weighted by atomic mass is 9.82. The number of hydrogen-bond acceptors (Lipinski definition) is 2. The Morgan fingerprint density at radius 1 is 1.00 bits per heavy atom. The fourth-order valence-electron chi connectivity index (χ4n) is 4.03. The molecular weight excluding hydrogens is 380 g/mol. The van der Waals surface area contributed by atoms with E-state index < -0.39 is 0 Å².